The van der Waals surface area contributed by atoms with E-state index in [0.717, 1.165) is 33.2 Å². The summed E-state index contributed by atoms with van der Waals surface area (Å²) in [6.45, 7) is 0. The minimum Gasteiger partial charge on any atom is -0.361 e. The number of fused-ring (bicyclic) bond motifs is 2. The van der Waals surface area contributed by atoms with E-state index < -0.39 is 16.1 Å². The van der Waals surface area contributed by atoms with Gasteiger partial charge in [-0.25, -0.2) is 8.42 Å². The molecule has 144 valence electrons. The van der Waals surface area contributed by atoms with Crippen molar-refractivity contribution >= 4 is 27.0 Å². The van der Waals surface area contributed by atoms with Crippen molar-refractivity contribution in [2.24, 2.45) is 0 Å². The van der Waals surface area contributed by atoms with Crippen molar-refractivity contribution in [3.8, 4) is 0 Å². The Morgan fingerprint density at radius 3 is 2.41 bits per heavy atom. The summed E-state index contributed by atoms with van der Waals surface area (Å²) >= 11 is 0. The SMILES string of the molecule is O=S(=O)(Cc1ccccc1)N1C=Cc2ccccc2[C@H]1c1c[nH]c2ccccc12. The molecule has 5 rings (SSSR count). The van der Waals surface area contributed by atoms with Crippen LogP contribution in [0.2, 0.25) is 0 Å². The van der Waals surface area contributed by atoms with Gasteiger partial charge < -0.3 is 4.98 Å². The summed E-state index contributed by atoms with van der Waals surface area (Å²) in [7, 11) is -3.59. The fourth-order valence-corrected chi connectivity index (χ4v) is 5.58. The molecule has 29 heavy (non-hydrogen) atoms. The van der Waals surface area contributed by atoms with Gasteiger partial charge in [0.1, 0.15) is 0 Å². The molecule has 0 fully saturated rings. The number of hydrogen-bond donors (Lipinski definition) is 1. The zero-order chi connectivity index (χ0) is 19.8. The normalized spacial score (nSPS) is 16.1. The Kier molecular flexibility index (Phi) is 4.25. The number of benzene rings is 3. The van der Waals surface area contributed by atoms with E-state index in [1.807, 2.05) is 91.1 Å². The van der Waals surface area contributed by atoms with E-state index in [1.165, 1.54) is 4.31 Å². The van der Waals surface area contributed by atoms with Crippen LogP contribution >= 0.6 is 0 Å². The fourth-order valence-electron chi connectivity index (χ4n) is 4.03. The molecule has 0 unspecified atom stereocenters. The quantitative estimate of drug-likeness (QED) is 0.520. The number of para-hydroxylation sites is 1. The topological polar surface area (TPSA) is 53.2 Å². The standard InChI is InChI=1S/C24H20N2O2S/c27-29(28,17-18-8-2-1-3-9-18)26-15-14-19-10-4-5-11-20(19)24(26)22-16-25-23-13-7-6-12-21(22)23/h1-16,24-25H,17H2/t24-/m0/s1. The minimum absolute atomic E-state index is 0.0425. The van der Waals surface area contributed by atoms with Crippen LogP contribution in [0.3, 0.4) is 0 Å². The predicted molar refractivity (Wildman–Crippen MR) is 117 cm³/mol. The van der Waals surface area contributed by atoms with Crippen LogP contribution < -0.4 is 0 Å². The van der Waals surface area contributed by atoms with Gasteiger partial charge in [0.25, 0.3) is 0 Å². The molecular formula is C24H20N2O2S. The van der Waals surface area contributed by atoms with Crippen LogP contribution in [0.15, 0.2) is 91.3 Å². The van der Waals surface area contributed by atoms with Crippen LogP contribution in [0.1, 0.15) is 28.3 Å². The zero-order valence-electron chi connectivity index (χ0n) is 15.7. The highest BCUT2D eigenvalue weighted by atomic mass is 32.2. The summed E-state index contributed by atoms with van der Waals surface area (Å²) in [5.74, 6) is -0.0425. The van der Waals surface area contributed by atoms with Gasteiger partial charge in [0.15, 0.2) is 0 Å². The zero-order valence-corrected chi connectivity index (χ0v) is 16.5. The number of rotatable bonds is 4. The van der Waals surface area contributed by atoms with Crippen LogP contribution in [0.25, 0.3) is 17.0 Å². The Bertz CT molecular complexity index is 1310. The first kappa shape index (κ1) is 17.8. The molecule has 5 heteroatoms. The van der Waals surface area contributed by atoms with Crippen LogP contribution in [0.5, 0.6) is 0 Å². The highest BCUT2D eigenvalue weighted by molar-refractivity contribution is 7.88. The van der Waals surface area contributed by atoms with Crippen LogP contribution in [0.4, 0.5) is 0 Å². The van der Waals surface area contributed by atoms with Gasteiger partial charge in [-0.3, -0.25) is 4.31 Å². The number of aromatic nitrogens is 1. The van der Waals surface area contributed by atoms with Crippen molar-refractivity contribution in [3.05, 3.63) is 114 Å². The van der Waals surface area contributed by atoms with Crippen molar-refractivity contribution in [1.82, 2.24) is 9.29 Å². The van der Waals surface area contributed by atoms with Crippen molar-refractivity contribution in [2.75, 3.05) is 0 Å². The van der Waals surface area contributed by atoms with E-state index >= 15 is 0 Å². The Hall–Kier alpha value is -3.31. The first-order valence-corrected chi connectivity index (χ1v) is 11.1. The Labute approximate surface area is 170 Å². The third-order valence-corrected chi connectivity index (χ3v) is 7.05. The molecule has 4 aromatic rings. The number of H-pyrrole nitrogens is 1. The second-order valence-corrected chi connectivity index (χ2v) is 9.08. The van der Waals surface area contributed by atoms with Crippen molar-refractivity contribution in [3.63, 3.8) is 0 Å². The summed E-state index contributed by atoms with van der Waals surface area (Å²) in [4.78, 5) is 3.29. The number of hydrogen-bond acceptors (Lipinski definition) is 2. The lowest BCUT2D eigenvalue weighted by Crippen LogP contribution is -2.34. The molecule has 1 N–H and O–H groups in total. The maximum Gasteiger partial charge on any atom is 0.239 e. The molecule has 1 aromatic heterocycles. The maximum absolute atomic E-state index is 13.5. The Morgan fingerprint density at radius 1 is 0.828 bits per heavy atom. The molecule has 1 atom stereocenters. The number of sulfonamides is 1. The van der Waals surface area contributed by atoms with Gasteiger partial charge in [0.05, 0.1) is 11.8 Å². The first-order chi connectivity index (χ1) is 14.1. The van der Waals surface area contributed by atoms with Gasteiger partial charge in [-0.1, -0.05) is 72.8 Å². The largest absolute Gasteiger partial charge is 0.361 e. The predicted octanol–water partition coefficient (Wildman–Crippen LogP) is 5.07. The number of aromatic amines is 1. The molecule has 3 aromatic carbocycles. The lowest BCUT2D eigenvalue weighted by atomic mass is 9.92. The van der Waals surface area contributed by atoms with Gasteiger partial charge in [0, 0.05) is 28.9 Å². The van der Waals surface area contributed by atoms with E-state index in [2.05, 4.69) is 4.98 Å². The monoisotopic (exact) mass is 400 g/mol. The Morgan fingerprint density at radius 2 is 1.55 bits per heavy atom. The van der Waals surface area contributed by atoms with Gasteiger partial charge >= 0.3 is 0 Å². The highest BCUT2D eigenvalue weighted by Crippen LogP contribution is 2.40. The summed E-state index contributed by atoms with van der Waals surface area (Å²) in [6, 6.07) is 24.9. The molecule has 0 saturated carbocycles. The summed E-state index contributed by atoms with van der Waals surface area (Å²) in [5.41, 5.74) is 4.74. The average Bonchev–Trinajstić information content (AvgIpc) is 3.17. The van der Waals surface area contributed by atoms with Gasteiger partial charge in [-0.05, 0) is 28.8 Å². The second kappa shape index (κ2) is 6.94. The van der Waals surface area contributed by atoms with Gasteiger partial charge in [-0.2, -0.15) is 0 Å². The number of nitrogens with one attached hydrogen (secondary N) is 1. The van der Waals surface area contributed by atoms with Gasteiger partial charge in [-0.15, -0.1) is 0 Å². The van der Waals surface area contributed by atoms with E-state index in [1.54, 1.807) is 6.20 Å². The lowest BCUT2D eigenvalue weighted by Gasteiger charge is -2.34. The molecule has 0 saturated heterocycles. The molecule has 0 bridgehead atoms. The van der Waals surface area contributed by atoms with E-state index in [0.29, 0.717) is 0 Å². The van der Waals surface area contributed by atoms with Crippen LogP contribution in [-0.2, 0) is 15.8 Å². The molecule has 1 aliphatic rings. The molecule has 4 nitrogen and oxygen atoms in total. The first-order valence-electron chi connectivity index (χ1n) is 9.52. The van der Waals surface area contributed by atoms with Crippen LogP contribution in [-0.4, -0.2) is 17.7 Å². The molecule has 0 aliphatic carbocycles. The third-order valence-electron chi connectivity index (χ3n) is 5.38. The van der Waals surface area contributed by atoms with E-state index in [-0.39, 0.29) is 5.75 Å². The van der Waals surface area contributed by atoms with Crippen LogP contribution in [0, 0.1) is 0 Å². The molecule has 0 spiro atoms. The van der Waals surface area contributed by atoms with E-state index in [9.17, 15) is 8.42 Å². The minimum atomic E-state index is -3.59. The Balaban J connectivity index is 1.66. The molecule has 0 radical (unpaired) electrons. The molecule has 0 amide bonds. The molecule has 1 aliphatic heterocycles. The summed E-state index contributed by atoms with van der Waals surface area (Å²) in [6.07, 6.45) is 5.51. The maximum atomic E-state index is 13.5. The summed E-state index contributed by atoms with van der Waals surface area (Å²) in [5, 5.41) is 1.03. The summed E-state index contributed by atoms with van der Waals surface area (Å²) < 4.78 is 28.5. The molecular weight excluding hydrogens is 380 g/mol. The fraction of sp³-hybridized carbons (Fsp3) is 0.0833. The van der Waals surface area contributed by atoms with Crippen molar-refractivity contribution in [1.29, 1.82) is 0 Å². The second-order valence-electron chi connectivity index (χ2n) is 7.21. The molecule has 2 heterocycles. The van der Waals surface area contributed by atoms with Crippen molar-refractivity contribution in [2.45, 2.75) is 11.8 Å². The third kappa shape index (κ3) is 3.13. The smallest absolute Gasteiger partial charge is 0.239 e. The van der Waals surface area contributed by atoms with Crippen molar-refractivity contribution < 1.29 is 8.42 Å². The lowest BCUT2D eigenvalue weighted by molar-refractivity contribution is 0.448. The van der Waals surface area contributed by atoms with E-state index in [4.69, 9.17) is 0 Å². The van der Waals surface area contributed by atoms with Gasteiger partial charge in [0.2, 0.25) is 10.0 Å². The number of nitrogens with zero attached hydrogens (tertiary/aromatic N) is 1. The highest BCUT2D eigenvalue weighted by Gasteiger charge is 2.34. The average molecular weight is 401 g/mol.